The summed E-state index contributed by atoms with van der Waals surface area (Å²) in [4.78, 5) is 35.0. The number of benzene rings is 1. The van der Waals surface area contributed by atoms with E-state index < -0.39 is 6.03 Å². The van der Waals surface area contributed by atoms with Crippen LogP contribution in [0.5, 0.6) is 0 Å². The Morgan fingerprint density at radius 2 is 1.94 bits per heavy atom. The molecule has 1 aromatic carbocycles. The summed E-state index contributed by atoms with van der Waals surface area (Å²) in [5.74, 6) is -0.545. The summed E-state index contributed by atoms with van der Waals surface area (Å²) in [7, 11) is 0. The highest BCUT2D eigenvalue weighted by molar-refractivity contribution is 6.05. The van der Waals surface area contributed by atoms with Gasteiger partial charge in [-0.1, -0.05) is 30.3 Å². The molecule has 5 heteroatoms. The predicted molar refractivity (Wildman–Crippen MR) is 55.9 cm³/mol. The van der Waals surface area contributed by atoms with Crippen LogP contribution in [0.3, 0.4) is 0 Å². The topological polar surface area (TPSA) is 66.5 Å². The van der Waals surface area contributed by atoms with Gasteiger partial charge in [0.25, 0.3) is 0 Å². The first-order chi connectivity index (χ1) is 7.66. The molecule has 1 N–H and O–H groups in total. The van der Waals surface area contributed by atoms with Crippen molar-refractivity contribution in [2.45, 2.75) is 0 Å². The Hall–Kier alpha value is -2.17. The van der Waals surface area contributed by atoms with Crippen molar-refractivity contribution in [1.82, 2.24) is 10.2 Å². The van der Waals surface area contributed by atoms with Crippen LogP contribution >= 0.6 is 0 Å². The Bertz CT molecular complexity index is 442. The number of carbonyl (C=O) groups is 3. The number of urea groups is 1. The van der Waals surface area contributed by atoms with E-state index >= 15 is 0 Å². The SMILES string of the molecule is O=C1CN(CC(=O)c2ccccc2)C(=O)N1. The number of carbonyl (C=O) groups excluding carboxylic acids is 3. The van der Waals surface area contributed by atoms with Gasteiger partial charge < -0.3 is 4.90 Å². The molecule has 0 unspecified atom stereocenters. The highest BCUT2D eigenvalue weighted by Crippen LogP contribution is 2.04. The van der Waals surface area contributed by atoms with E-state index in [-0.39, 0.29) is 24.8 Å². The summed E-state index contributed by atoms with van der Waals surface area (Å²) in [5.41, 5.74) is 0.537. The van der Waals surface area contributed by atoms with Crippen molar-refractivity contribution in [2.24, 2.45) is 0 Å². The summed E-state index contributed by atoms with van der Waals surface area (Å²) in [6, 6.07) is 8.17. The van der Waals surface area contributed by atoms with Crippen molar-refractivity contribution in [3.63, 3.8) is 0 Å². The number of rotatable bonds is 3. The second kappa shape index (κ2) is 4.14. The Balaban J connectivity index is 2.03. The fourth-order valence-corrected chi connectivity index (χ4v) is 1.50. The van der Waals surface area contributed by atoms with Gasteiger partial charge in [0.1, 0.15) is 6.54 Å². The zero-order valence-electron chi connectivity index (χ0n) is 8.47. The van der Waals surface area contributed by atoms with Crippen LogP contribution in [-0.4, -0.2) is 35.7 Å². The zero-order valence-corrected chi connectivity index (χ0v) is 8.47. The van der Waals surface area contributed by atoms with Gasteiger partial charge >= 0.3 is 6.03 Å². The Kier molecular flexibility index (Phi) is 2.68. The van der Waals surface area contributed by atoms with Gasteiger partial charge in [0.05, 0.1) is 6.54 Å². The smallest absolute Gasteiger partial charge is 0.307 e. The zero-order chi connectivity index (χ0) is 11.5. The molecule has 0 aliphatic carbocycles. The molecule has 0 radical (unpaired) electrons. The molecule has 0 bridgehead atoms. The number of ketones is 1. The molecule has 5 nitrogen and oxygen atoms in total. The molecule has 1 aliphatic heterocycles. The van der Waals surface area contributed by atoms with E-state index in [1.54, 1.807) is 24.3 Å². The number of hydrogen-bond acceptors (Lipinski definition) is 3. The Morgan fingerprint density at radius 1 is 1.25 bits per heavy atom. The highest BCUT2D eigenvalue weighted by Gasteiger charge is 2.28. The minimum atomic E-state index is -0.505. The van der Waals surface area contributed by atoms with Crippen LogP contribution in [0.1, 0.15) is 10.4 Å². The third-order valence-corrected chi connectivity index (χ3v) is 2.30. The van der Waals surface area contributed by atoms with Crippen molar-refractivity contribution in [3.05, 3.63) is 35.9 Å². The third-order valence-electron chi connectivity index (χ3n) is 2.30. The van der Waals surface area contributed by atoms with Gasteiger partial charge in [-0.15, -0.1) is 0 Å². The van der Waals surface area contributed by atoms with E-state index in [9.17, 15) is 14.4 Å². The van der Waals surface area contributed by atoms with E-state index in [1.807, 2.05) is 6.07 Å². The lowest BCUT2D eigenvalue weighted by Crippen LogP contribution is -2.33. The van der Waals surface area contributed by atoms with Gasteiger partial charge in [-0.25, -0.2) is 4.79 Å². The molecular weight excluding hydrogens is 208 g/mol. The van der Waals surface area contributed by atoms with Crippen LogP contribution in [-0.2, 0) is 4.79 Å². The molecule has 16 heavy (non-hydrogen) atoms. The van der Waals surface area contributed by atoms with Gasteiger partial charge in [0.2, 0.25) is 5.91 Å². The summed E-state index contributed by atoms with van der Waals surface area (Å²) in [6.07, 6.45) is 0. The van der Waals surface area contributed by atoms with Crippen LogP contribution in [0.4, 0.5) is 4.79 Å². The lowest BCUT2D eigenvalue weighted by molar-refractivity contribution is -0.118. The number of amides is 3. The Morgan fingerprint density at radius 3 is 2.50 bits per heavy atom. The average molecular weight is 218 g/mol. The van der Waals surface area contributed by atoms with Crippen molar-refractivity contribution in [1.29, 1.82) is 0 Å². The summed E-state index contributed by atoms with van der Waals surface area (Å²) < 4.78 is 0. The fourth-order valence-electron chi connectivity index (χ4n) is 1.50. The van der Waals surface area contributed by atoms with Crippen molar-refractivity contribution < 1.29 is 14.4 Å². The second-order valence-electron chi connectivity index (χ2n) is 3.50. The minimum absolute atomic E-state index is 0.0442. The number of Topliss-reactive ketones (excluding diaryl/α,β-unsaturated/α-hetero) is 1. The van der Waals surface area contributed by atoms with Crippen molar-refractivity contribution >= 4 is 17.7 Å². The molecule has 0 saturated carbocycles. The van der Waals surface area contributed by atoms with Gasteiger partial charge in [-0.05, 0) is 0 Å². The quantitative estimate of drug-likeness (QED) is 0.590. The average Bonchev–Trinajstić information content (AvgIpc) is 2.59. The first kappa shape index (κ1) is 10.4. The normalized spacial score (nSPS) is 15.1. The molecule has 3 amide bonds. The molecule has 1 saturated heterocycles. The molecule has 1 fully saturated rings. The molecule has 1 heterocycles. The van der Waals surface area contributed by atoms with Crippen LogP contribution < -0.4 is 5.32 Å². The fraction of sp³-hybridized carbons (Fsp3) is 0.182. The van der Waals surface area contributed by atoms with E-state index in [0.717, 1.165) is 0 Å². The van der Waals surface area contributed by atoms with E-state index in [4.69, 9.17) is 0 Å². The van der Waals surface area contributed by atoms with Gasteiger partial charge in [0.15, 0.2) is 5.78 Å². The monoisotopic (exact) mass is 218 g/mol. The summed E-state index contributed by atoms with van der Waals surface area (Å²) in [6.45, 7) is -0.112. The standard InChI is InChI=1S/C11H10N2O3/c14-9(8-4-2-1-3-5-8)6-13-7-10(15)12-11(13)16/h1-5H,6-7H2,(H,12,15,16). The molecule has 1 aliphatic rings. The molecule has 0 spiro atoms. The molecule has 1 aromatic rings. The molecular formula is C11H10N2O3. The summed E-state index contributed by atoms with van der Waals surface area (Å²) >= 11 is 0. The molecule has 0 atom stereocenters. The number of imide groups is 1. The van der Waals surface area contributed by atoms with Crippen LogP contribution in [0, 0.1) is 0 Å². The van der Waals surface area contributed by atoms with Crippen molar-refractivity contribution in [3.8, 4) is 0 Å². The van der Waals surface area contributed by atoms with Gasteiger partial charge in [0, 0.05) is 5.56 Å². The van der Waals surface area contributed by atoms with Gasteiger partial charge in [-0.2, -0.15) is 0 Å². The third kappa shape index (κ3) is 2.08. The van der Waals surface area contributed by atoms with E-state index in [2.05, 4.69) is 5.32 Å². The van der Waals surface area contributed by atoms with Crippen LogP contribution in [0.15, 0.2) is 30.3 Å². The first-order valence-electron chi connectivity index (χ1n) is 4.84. The largest absolute Gasteiger partial charge is 0.324 e. The lowest BCUT2D eigenvalue weighted by atomic mass is 10.1. The highest BCUT2D eigenvalue weighted by atomic mass is 16.2. The number of nitrogens with zero attached hydrogens (tertiary/aromatic N) is 1. The predicted octanol–water partition coefficient (Wildman–Crippen LogP) is 0.421. The lowest BCUT2D eigenvalue weighted by Gasteiger charge is -2.11. The second-order valence-corrected chi connectivity index (χ2v) is 3.50. The maximum absolute atomic E-state index is 11.7. The minimum Gasteiger partial charge on any atom is -0.307 e. The first-order valence-corrected chi connectivity index (χ1v) is 4.84. The maximum atomic E-state index is 11.7. The van der Waals surface area contributed by atoms with Gasteiger partial charge in [-0.3, -0.25) is 14.9 Å². The Labute approximate surface area is 92.0 Å². The van der Waals surface area contributed by atoms with E-state index in [0.29, 0.717) is 5.56 Å². The molecule has 2 rings (SSSR count). The van der Waals surface area contributed by atoms with Crippen LogP contribution in [0.25, 0.3) is 0 Å². The van der Waals surface area contributed by atoms with E-state index in [1.165, 1.54) is 4.90 Å². The van der Waals surface area contributed by atoms with Crippen LogP contribution in [0.2, 0.25) is 0 Å². The van der Waals surface area contributed by atoms with Crippen molar-refractivity contribution in [2.75, 3.05) is 13.1 Å². The molecule has 82 valence electrons. The summed E-state index contributed by atoms with van der Waals surface area (Å²) in [5, 5.41) is 2.12. The maximum Gasteiger partial charge on any atom is 0.324 e. The number of nitrogens with one attached hydrogen (secondary N) is 1. The molecule has 0 aromatic heterocycles. The number of hydrogen-bond donors (Lipinski definition) is 1.